The summed E-state index contributed by atoms with van der Waals surface area (Å²) >= 11 is 7.12. The van der Waals surface area contributed by atoms with Crippen LogP contribution in [0.1, 0.15) is 63.4 Å². The van der Waals surface area contributed by atoms with Crippen molar-refractivity contribution in [3.05, 3.63) is 40.5 Å². The Morgan fingerprint density at radius 2 is 1.73 bits per heavy atom. The Hall–Kier alpha value is -0.0535. The van der Waals surface area contributed by atoms with E-state index in [0.717, 1.165) is 54.8 Å². The van der Waals surface area contributed by atoms with Gasteiger partial charge < -0.3 is 20.1 Å². The van der Waals surface area contributed by atoms with Crippen LogP contribution in [-0.4, -0.2) is 38.4 Å². The third-order valence-electron chi connectivity index (χ3n) is 7.73. The summed E-state index contributed by atoms with van der Waals surface area (Å²) in [6.45, 7) is 3.46. The molecule has 0 spiro atoms. The molecule has 2 aliphatic heterocycles. The van der Waals surface area contributed by atoms with Crippen LogP contribution in [0.5, 0.6) is 5.75 Å². The van der Waals surface area contributed by atoms with Crippen molar-refractivity contribution >= 4 is 40.1 Å². The molecule has 4 aliphatic rings. The molecule has 3 fully saturated rings. The standard InChI is InChI=1S/C26H36N2O2.2BrH.Co/c1-2-8-22(18-30-24-14-4-10-20-12-6-16-28-26(20)24)21(7-1)17-29-23-13-3-9-19-11-5-15-27-25(19)23;;;/h3,5,9,11,13,20-22,24,26H,1-2,4,6-8,10,12,14-18H2;2*1H;/q-2;;;+2/p-2. The third-order valence-corrected chi connectivity index (χ3v) is 7.73. The number of hydrogen-bond acceptors (Lipinski definition) is 2. The Morgan fingerprint density at radius 1 is 0.939 bits per heavy atom. The first-order valence-electron chi connectivity index (χ1n) is 12.5. The van der Waals surface area contributed by atoms with E-state index in [1.165, 1.54) is 63.4 Å². The number of benzene rings is 1. The molecule has 2 saturated carbocycles. The maximum absolute atomic E-state index is 6.59. The van der Waals surface area contributed by atoms with E-state index >= 15 is 0 Å². The zero-order chi connectivity index (χ0) is 22.9. The molecule has 7 heteroatoms. The summed E-state index contributed by atoms with van der Waals surface area (Å²) in [7, 11) is 0. The van der Waals surface area contributed by atoms with E-state index in [9.17, 15) is 0 Å². The van der Waals surface area contributed by atoms with E-state index in [-0.39, 0.29) is 0 Å². The molecule has 5 rings (SSSR count). The van der Waals surface area contributed by atoms with Crippen molar-refractivity contribution < 1.29 is 20.6 Å². The summed E-state index contributed by atoms with van der Waals surface area (Å²) in [5, 5.41) is 9.63. The van der Waals surface area contributed by atoms with Crippen LogP contribution in [0.4, 0.5) is 5.69 Å². The van der Waals surface area contributed by atoms with Gasteiger partial charge in [0.25, 0.3) is 0 Å². The fourth-order valence-electron chi connectivity index (χ4n) is 6.03. The Bertz CT molecular complexity index is 764. The molecule has 2 heterocycles. The van der Waals surface area contributed by atoms with Crippen LogP contribution >= 0.6 is 28.3 Å². The minimum atomic E-state index is 0.360. The van der Waals surface area contributed by atoms with E-state index in [1.54, 1.807) is 0 Å². The summed E-state index contributed by atoms with van der Waals surface area (Å²) < 4.78 is 12.9. The fourth-order valence-corrected chi connectivity index (χ4v) is 6.03. The number of ether oxygens (including phenoxy) is 2. The van der Waals surface area contributed by atoms with Gasteiger partial charge in [-0.05, 0) is 42.7 Å². The van der Waals surface area contributed by atoms with Crippen molar-refractivity contribution in [2.24, 2.45) is 17.8 Å². The molecular formula is C26H36Br2CoN2O2-2. The molecule has 187 valence electrons. The van der Waals surface area contributed by atoms with Gasteiger partial charge in [0.2, 0.25) is 0 Å². The van der Waals surface area contributed by atoms with Crippen LogP contribution in [0.2, 0.25) is 0 Å². The van der Waals surface area contributed by atoms with Gasteiger partial charge in [0, 0.05) is 6.10 Å². The Kier molecular flexibility index (Phi) is 10.9. The summed E-state index contributed by atoms with van der Waals surface area (Å²) in [6, 6.07) is 6.74. The van der Waals surface area contributed by atoms with Crippen molar-refractivity contribution in [1.29, 1.82) is 0 Å². The number of hydrogen-bond donors (Lipinski definition) is 0. The van der Waals surface area contributed by atoms with E-state index in [0.29, 0.717) is 24.0 Å². The zero-order valence-electron chi connectivity index (χ0n) is 19.3. The van der Waals surface area contributed by atoms with Gasteiger partial charge in [0.1, 0.15) is 5.75 Å². The van der Waals surface area contributed by atoms with Gasteiger partial charge in [0.15, 0.2) is 0 Å². The average molecular weight is 627 g/mol. The molecule has 0 bridgehead atoms. The molecule has 0 radical (unpaired) electrons. The number of fused-ring (bicyclic) bond motifs is 2. The van der Waals surface area contributed by atoms with E-state index in [4.69, 9.17) is 14.8 Å². The second-order valence-corrected chi connectivity index (χ2v) is 15.0. The molecule has 5 unspecified atom stereocenters. The second kappa shape index (κ2) is 13.9. The maximum atomic E-state index is 6.59. The second-order valence-electron chi connectivity index (χ2n) is 9.70. The first kappa shape index (κ1) is 26.0. The van der Waals surface area contributed by atoms with Crippen molar-refractivity contribution in [3.63, 3.8) is 0 Å². The van der Waals surface area contributed by atoms with Crippen LogP contribution in [0.15, 0.2) is 24.3 Å². The first-order chi connectivity index (χ1) is 16.3. The summed E-state index contributed by atoms with van der Waals surface area (Å²) in [5.74, 6) is 2.92. The molecule has 4 nitrogen and oxygen atoms in total. The molecule has 0 aromatic heterocycles. The van der Waals surface area contributed by atoms with Crippen molar-refractivity contribution in [1.82, 2.24) is 0 Å². The monoisotopic (exact) mass is 625 g/mol. The summed E-state index contributed by atoms with van der Waals surface area (Å²) in [4.78, 5) is 0. The normalized spacial score (nSPS) is 30.9. The number of rotatable bonds is 6. The zero-order valence-corrected chi connectivity index (χ0v) is 23.5. The van der Waals surface area contributed by atoms with E-state index < -0.39 is 0 Å². The molecule has 1 saturated heterocycles. The minimum absolute atomic E-state index is 0.360. The predicted molar refractivity (Wildman–Crippen MR) is 140 cm³/mol. The topological polar surface area (TPSA) is 46.7 Å². The van der Waals surface area contributed by atoms with Gasteiger partial charge >= 0.3 is 39.5 Å². The van der Waals surface area contributed by atoms with Crippen LogP contribution in [-0.2, 0) is 15.9 Å². The van der Waals surface area contributed by atoms with Gasteiger partial charge in [-0.25, -0.2) is 0 Å². The quantitative estimate of drug-likeness (QED) is 0.319. The van der Waals surface area contributed by atoms with Gasteiger partial charge in [-0.3, -0.25) is 0 Å². The van der Waals surface area contributed by atoms with Crippen LogP contribution in [0, 0.1) is 17.8 Å². The Morgan fingerprint density at radius 3 is 2.58 bits per heavy atom. The van der Waals surface area contributed by atoms with Gasteiger partial charge in [0.05, 0.1) is 13.2 Å². The number of halogens is 2. The van der Waals surface area contributed by atoms with Crippen molar-refractivity contribution in [3.8, 4) is 5.75 Å². The molecule has 0 amide bonds. The van der Waals surface area contributed by atoms with Gasteiger partial charge in [-0.15, -0.1) is 25.2 Å². The predicted octanol–water partition coefficient (Wildman–Crippen LogP) is 8.31. The van der Waals surface area contributed by atoms with Gasteiger partial charge in [-0.1, -0.05) is 68.3 Å². The Labute approximate surface area is 219 Å². The number of para-hydroxylation sites is 1. The number of nitrogens with zero attached hydrogens (tertiary/aromatic N) is 2. The van der Waals surface area contributed by atoms with E-state index in [2.05, 4.69) is 64.0 Å². The van der Waals surface area contributed by atoms with Crippen LogP contribution in [0.3, 0.4) is 0 Å². The third kappa shape index (κ3) is 7.23. The fraction of sp³-hybridized carbons (Fsp3) is 0.692. The SMILES string of the molecule is C1=Cc2cccc(OCC3CCCCC3COC3CCCC4CCC[N-]C43)c2[N-]C1.[Br][Co][Br]. The van der Waals surface area contributed by atoms with E-state index in [1.807, 2.05) is 0 Å². The van der Waals surface area contributed by atoms with Crippen LogP contribution in [0.25, 0.3) is 16.7 Å². The van der Waals surface area contributed by atoms with Crippen molar-refractivity contribution in [2.45, 2.75) is 69.9 Å². The van der Waals surface area contributed by atoms with Gasteiger partial charge in [-0.2, -0.15) is 0 Å². The number of piperidine rings is 1. The van der Waals surface area contributed by atoms with Crippen molar-refractivity contribution in [2.75, 3.05) is 26.3 Å². The molecule has 33 heavy (non-hydrogen) atoms. The summed E-state index contributed by atoms with van der Waals surface area (Å²) in [5.41, 5.74) is 2.20. The summed E-state index contributed by atoms with van der Waals surface area (Å²) in [6.07, 6.45) is 16.3. The average Bonchev–Trinajstić information content (AvgIpc) is 2.87. The molecular weight excluding hydrogens is 591 g/mol. The molecule has 1 aromatic rings. The molecule has 0 N–H and O–H groups in total. The molecule has 1 aromatic carbocycles. The molecule has 2 aliphatic carbocycles. The Balaban J connectivity index is 0.000000821. The first-order valence-corrected chi connectivity index (χ1v) is 17.7. The molecule has 5 atom stereocenters. The van der Waals surface area contributed by atoms with Crippen LogP contribution < -0.4 is 4.74 Å².